The van der Waals surface area contributed by atoms with Gasteiger partial charge >= 0.3 is 0 Å². The second-order valence-corrected chi connectivity index (χ2v) is 6.47. The Kier molecular flexibility index (Phi) is 6.06. The zero-order valence-corrected chi connectivity index (χ0v) is 13.6. The standard InChI is InChI=1S/C18H31N/c1-7-11-19-17(18(5,6)8-2)13-16-10-9-14(3)15(4)12-16/h9-10,12,17,19H,7-8,11,13H2,1-6H3. The van der Waals surface area contributed by atoms with Crippen LogP contribution in [0.15, 0.2) is 18.2 Å². The number of rotatable bonds is 7. The molecule has 1 N–H and O–H groups in total. The molecule has 19 heavy (non-hydrogen) atoms. The maximum atomic E-state index is 3.74. The summed E-state index contributed by atoms with van der Waals surface area (Å²) in [6.07, 6.45) is 3.53. The van der Waals surface area contributed by atoms with Crippen molar-refractivity contribution in [3.8, 4) is 0 Å². The topological polar surface area (TPSA) is 12.0 Å². The van der Waals surface area contributed by atoms with Crippen molar-refractivity contribution in [1.29, 1.82) is 0 Å². The maximum absolute atomic E-state index is 3.74. The van der Waals surface area contributed by atoms with Crippen molar-refractivity contribution < 1.29 is 0 Å². The molecule has 0 aliphatic carbocycles. The van der Waals surface area contributed by atoms with Gasteiger partial charge in [-0.1, -0.05) is 45.9 Å². The van der Waals surface area contributed by atoms with Crippen molar-refractivity contribution in [3.63, 3.8) is 0 Å². The summed E-state index contributed by atoms with van der Waals surface area (Å²) in [5.74, 6) is 0. The molecule has 1 nitrogen and oxygen atoms in total. The quantitative estimate of drug-likeness (QED) is 0.753. The Morgan fingerprint density at radius 3 is 2.32 bits per heavy atom. The molecule has 0 bridgehead atoms. The van der Waals surface area contributed by atoms with E-state index in [4.69, 9.17) is 0 Å². The van der Waals surface area contributed by atoms with E-state index in [9.17, 15) is 0 Å². The average Bonchev–Trinajstić information content (AvgIpc) is 2.38. The second kappa shape index (κ2) is 7.09. The van der Waals surface area contributed by atoms with E-state index in [1.165, 1.54) is 29.5 Å². The van der Waals surface area contributed by atoms with E-state index in [1.54, 1.807) is 0 Å². The predicted molar refractivity (Wildman–Crippen MR) is 85.8 cm³/mol. The minimum Gasteiger partial charge on any atom is -0.313 e. The summed E-state index contributed by atoms with van der Waals surface area (Å²) in [6, 6.07) is 7.44. The molecule has 0 radical (unpaired) electrons. The Labute approximate surface area is 119 Å². The van der Waals surface area contributed by atoms with E-state index in [2.05, 4.69) is 65.1 Å². The van der Waals surface area contributed by atoms with Gasteiger partial charge in [-0.05, 0) is 61.8 Å². The summed E-state index contributed by atoms with van der Waals surface area (Å²) in [5, 5.41) is 3.74. The van der Waals surface area contributed by atoms with Crippen LogP contribution in [0.25, 0.3) is 0 Å². The van der Waals surface area contributed by atoms with Gasteiger partial charge in [0, 0.05) is 6.04 Å². The summed E-state index contributed by atoms with van der Waals surface area (Å²) in [4.78, 5) is 0. The third kappa shape index (κ3) is 4.65. The minimum absolute atomic E-state index is 0.341. The number of nitrogens with one attached hydrogen (secondary N) is 1. The molecule has 1 aromatic rings. The number of benzene rings is 1. The molecule has 0 amide bonds. The lowest BCUT2D eigenvalue weighted by molar-refractivity contribution is 0.230. The van der Waals surface area contributed by atoms with Gasteiger partial charge < -0.3 is 5.32 Å². The van der Waals surface area contributed by atoms with E-state index in [0.29, 0.717) is 11.5 Å². The van der Waals surface area contributed by atoms with Crippen LogP contribution in [0.4, 0.5) is 0 Å². The largest absolute Gasteiger partial charge is 0.313 e. The molecule has 0 heterocycles. The number of aryl methyl sites for hydroxylation is 2. The van der Waals surface area contributed by atoms with Gasteiger partial charge in [-0.3, -0.25) is 0 Å². The maximum Gasteiger partial charge on any atom is 0.0158 e. The molecule has 1 rings (SSSR count). The van der Waals surface area contributed by atoms with Crippen LogP contribution < -0.4 is 5.32 Å². The van der Waals surface area contributed by atoms with Crippen LogP contribution in [-0.4, -0.2) is 12.6 Å². The fourth-order valence-electron chi connectivity index (χ4n) is 2.36. The van der Waals surface area contributed by atoms with Gasteiger partial charge in [0.15, 0.2) is 0 Å². The smallest absolute Gasteiger partial charge is 0.0158 e. The molecular weight excluding hydrogens is 230 g/mol. The average molecular weight is 261 g/mol. The monoisotopic (exact) mass is 261 g/mol. The molecule has 0 saturated carbocycles. The van der Waals surface area contributed by atoms with Crippen molar-refractivity contribution in [3.05, 3.63) is 34.9 Å². The lowest BCUT2D eigenvalue weighted by Gasteiger charge is -2.34. The van der Waals surface area contributed by atoms with Gasteiger partial charge in [0.1, 0.15) is 0 Å². The van der Waals surface area contributed by atoms with E-state index < -0.39 is 0 Å². The SMILES string of the molecule is CCCNC(Cc1ccc(C)c(C)c1)C(C)(C)CC. The van der Waals surface area contributed by atoms with Crippen molar-refractivity contribution in [1.82, 2.24) is 5.32 Å². The highest BCUT2D eigenvalue weighted by atomic mass is 14.9. The Balaban J connectivity index is 2.84. The first-order chi connectivity index (χ1) is 8.90. The first kappa shape index (κ1) is 16.2. The van der Waals surface area contributed by atoms with E-state index >= 15 is 0 Å². The van der Waals surface area contributed by atoms with Crippen LogP contribution in [0.2, 0.25) is 0 Å². The lowest BCUT2D eigenvalue weighted by Crippen LogP contribution is -2.43. The van der Waals surface area contributed by atoms with E-state index in [0.717, 1.165) is 13.0 Å². The summed E-state index contributed by atoms with van der Waals surface area (Å²) in [5.41, 5.74) is 4.59. The Morgan fingerprint density at radius 1 is 1.11 bits per heavy atom. The van der Waals surface area contributed by atoms with Crippen molar-refractivity contribution in [2.45, 2.75) is 66.8 Å². The van der Waals surface area contributed by atoms with Gasteiger partial charge in [-0.15, -0.1) is 0 Å². The fraction of sp³-hybridized carbons (Fsp3) is 0.667. The van der Waals surface area contributed by atoms with Crippen molar-refractivity contribution >= 4 is 0 Å². The number of hydrogen-bond donors (Lipinski definition) is 1. The predicted octanol–water partition coefficient (Wildman–Crippen LogP) is 4.65. The molecule has 1 aromatic carbocycles. The lowest BCUT2D eigenvalue weighted by atomic mass is 9.78. The highest BCUT2D eigenvalue weighted by molar-refractivity contribution is 5.30. The van der Waals surface area contributed by atoms with Crippen molar-refractivity contribution in [2.75, 3.05) is 6.54 Å². The molecule has 1 atom stereocenters. The molecule has 1 heteroatoms. The molecule has 0 spiro atoms. The molecule has 0 aliphatic rings. The van der Waals surface area contributed by atoms with Gasteiger partial charge in [-0.2, -0.15) is 0 Å². The Bertz CT molecular complexity index is 393. The van der Waals surface area contributed by atoms with Crippen LogP contribution in [0.1, 0.15) is 57.2 Å². The minimum atomic E-state index is 0.341. The van der Waals surface area contributed by atoms with Crippen LogP contribution in [0.5, 0.6) is 0 Å². The first-order valence-electron chi connectivity index (χ1n) is 7.70. The van der Waals surface area contributed by atoms with E-state index in [1.807, 2.05) is 0 Å². The molecule has 0 aliphatic heterocycles. The molecule has 1 unspecified atom stereocenters. The normalized spacial score (nSPS) is 13.6. The summed E-state index contributed by atoms with van der Waals surface area (Å²) < 4.78 is 0. The fourth-order valence-corrected chi connectivity index (χ4v) is 2.36. The molecule has 0 saturated heterocycles. The van der Waals surface area contributed by atoms with Gasteiger partial charge in [0.25, 0.3) is 0 Å². The highest BCUT2D eigenvalue weighted by Gasteiger charge is 2.27. The second-order valence-electron chi connectivity index (χ2n) is 6.47. The Hall–Kier alpha value is -0.820. The van der Waals surface area contributed by atoms with Crippen LogP contribution >= 0.6 is 0 Å². The summed E-state index contributed by atoms with van der Waals surface area (Å²) >= 11 is 0. The third-order valence-corrected chi connectivity index (χ3v) is 4.51. The van der Waals surface area contributed by atoms with Crippen LogP contribution in [-0.2, 0) is 6.42 Å². The molecule has 108 valence electrons. The van der Waals surface area contributed by atoms with Gasteiger partial charge in [0.2, 0.25) is 0 Å². The first-order valence-corrected chi connectivity index (χ1v) is 7.70. The summed E-state index contributed by atoms with van der Waals surface area (Å²) in [7, 11) is 0. The van der Waals surface area contributed by atoms with Gasteiger partial charge in [0.05, 0.1) is 0 Å². The highest BCUT2D eigenvalue weighted by Crippen LogP contribution is 2.27. The summed E-state index contributed by atoms with van der Waals surface area (Å²) in [6.45, 7) is 14.8. The Morgan fingerprint density at radius 2 is 1.79 bits per heavy atom. The third-order valence-electron chi connectivity index (χ3n) is 4.51. The zero-order valence-electron chi connectivity index (χ0n) is 13.6. The van der Waals surface area contributed by atoms with Crippen LogP contribution in [0, 0.1) is 19.3 Å². The number of hydrogen-bond acceptors (Lipinski definition) is 1. The molecule has 0 aromatic heterocycles. The molecule has 0 fully saturated rings. The van der Waals surface area contributed by atoms with Gasteiger partial charge in [-0.25, -0.2) is 0 Å². The van der Waals surface area contributed by atoms with Crippen molar-refractivity contribution in [2.24, 2.45) is 5.41 Å². The van der Waals surface area contributed by atoms with Crippen LogP contribution in [0.3, 0.4) is 0 Å². The zero-order chi connectivity index (χ0) is 14.5. The van der Waals surface area contributed by atoms with E-state index in [-0.39, 0.29) is 0 Å². The molecular formula is C18H31N.